The van der Waals surface area contributed by atoms with E-state index in [1.807, 2.05) is 30.3 Å². The van der Waals surface area contributed by atoms with Crippen molar-refractivity contribution in [1.82, 2.24) is 19.8 Å². The number of para-hydroxylation sites is 2. The number of tetrazole rings is 1. The van der Waals surface area contributed by atoms with Crippen LogP contribution in [0.3, 0.4) is 0 Å². The Balaban J connectivity index is 1.57. The predicted molar refractivity (Wildman–Crippen MR) is 128 cm³/mol. The van der Waals surface area contributed by atoms with E-state index in [0.29, 0.717) is 27.4 Å². The highest BCUT2D eigenvalue weighted by atomic mass is 16.5. The molecule has 4 aromatic rings. The molecule has 3 aromatic carbocycles. The average molecular weight is 473 g/mol. The molecule has 0 aliphatic rings. The van der Waals surface area contributed by atoms with Crippen molar-refractivity contribution in [1.29, 1.82) is 0 Å². The van der Waals surface area contributed by atoms with Gasteiger partial charge in [0.1, 0.15) is 18.0 Å². The maximum absolute atomic E-state index is 13.1. The number of hydrogen-bond acceptors (Lipinski definition) is 7. The Labute approximate surface area is 200 Å². The van der Waals surface area contributed by atoms with Gasteiger partial charge < -0.3 is 9.47 Å². The minimum Gasteiger partial charge on any atom is -0.494 e. The highest BCUT2D eigenvalue weighted by Crippen LogP contribution is 2.23. The second kappa shape index (κ2) is 10.0. The number of aromatic nitrogens is 4. The molecule has 1 aromatic heterocycles. The molecule has 10 nitrogen and oxygen atoms in total. The van der Waals surface area contributed by atoms with Crippen molar-refractivity contribution in [2.75, 3.05) is 19.1 Å². The van der Waals surface area contributed by atoms with Gasteiger partial charge in [-0.2, -0.15) is 4.68 Å². The quantitative estimate of drug-likeness (QED) is 0.312. The molecule has 35 heavy (non-hydrogen) atoms. The lowest BCUT2D eigenvalue weighted by Gasteiger charge is -2.19. The Morgan fingerprint density at radius 1 is 0.971 bits per heavy atom. The maximum atomic E-state index is 13.1. The number of nitrogens with zero attached hydrogens (tertiary/aromatic N) is 5. The minimum atomic E-state index is -0.762. The summed E-state index contributed by atoms with van der Waals surface area (Å²) in [4.78, 5) is 39.9. The van der Waals surface area contributed by atoms with E-state index in [2.05, 4.69) is 10.4 Å². The molecule has 0 atom stereocenters. The van der Waals surface area contributed by atoms with Gasteiger partial charge in [0.25, 0.3) is 0 Å². The van der Waals surface area contributed by atoms with Gasteiger partial charge in [0.2, 0.25) is 0 Å². The van der Waals surface area contributed by atoms with E-state index in [9.17, 15) is 14.4 Å². The van der Waals surface area contributed by atoms with E-state index in [-0.39, 0.29) is 12.2 Å². The lowest BCUT2D eigenvalue weighted by Crippen LogP contribution is -2.39. The van der Waals surface area contributed by atoms with E-state index >= 15 is 0 Å². The van der Waals surface area contributed by atoms with Crippen LogP contribution in [0.15, 0.2) is 77.6 Å². The molecule has 0 bridgehead atoms. The van der Waals surface area contributed by atoms with Crippen LogP contribution in [0.1, 0.15) is 21.5 Å². The van der Waals surface area contributed by atoms with Gasteiger partial charge in [-0.3, -0.25) is 4.90 Å². The van der Waals surface area contributed by atoms with Crippen LogP contribution in [0.2, 0.25) is 0 Å². The zero-order valence-corrected chi connectivity index (χ0v) is 19.4. The Kier molecular flexibility index (Phi) is 6.72. The summed E-state index contributed by atoms with van der Waals surface area (Å²) in [6.45, 7) is 1.91. The Morgan fingerprint density at radius 2 is 1.69 bits per heavy atom. The standard InChI is InChI=1S/C25H23N5O5/c1-17-13-14-19(23(31)35-16-18-9-5-4-6-10-18)15-21(17)28(2)24(32)30-25(33)29(26-27-30)20-11-7-8-12-22(20)34-3/h4-15H,16H2,1-3H3. The molecule has 0 aliphatic heterocycles. The van der Waals surface area contributed by atoms with Crippen LogP contribution in [-0.2, 0) is 11.3 Å². The molecule has 0 saturated carbocycles. The van der Waals surface area contributed by atoms with Gasteiger partial charge in [0, 0.05) is 12.7 Å². The highest BCUT2D eigenvalue weighted by Gasteiger charge is 2.23. The fraction of sp³-hybridized carbons (Fsp3) is 0.160. The first-order chi connectivity index (χ1) is 16.9. The van der Waals surface area contributed by atoms with E-state index in [1.165, 1.54) is 25.1 Å². The molecule has 0 aliphatic carbocycles. The van der Waals surface area contributed by atoms with Crippen LogP contribution in [0.4, 0.5) is 10.5 Å². The number of anilines is 1. The molecule has 0 N–H and O–H groups in total. The van der Waals surface area contributed by atoms with Gasteiger partial charge in [-0.15, -0.1) is 4.68 Å². The topological polar surface area (TPSA) is 109 Å². The first-order valence-electron chi connectivity index (χ1n) is 10.7. The number of amides is 1. The Bertz CT molecular complexity index is 1430. The molecular weight excluding hydrogens is 450 g/mol. The van der Waals surface area contributed by atoms with E-state index in [1.54, 1.807) is 43.3 Å². The van der Waals surface area contributed by atoms with Gasteiger partial charge in [-0.25, -0.2) is 14.4 Å². The first kappa shape index (κ1) is 23.4. The third-order valence-electron chi connectivity index (χ3n) is 5.38. The molecule has 10 heteroatoms. The van der Waals surface area contributed by atoms with Crippen molar-refractivity contribution >= 4 is 17.7 Å². The summed E-state index contributed by atoms with van der Waals surface area (Å²) in [5.41, 5.74) is 1.85. The van der Waals surface area contributed by atoms with Gasteiger partial charge in [-0.1, -0.05) is 48.5 Å². The van der Waals surface area contributed by atoms with Crippen LogP contribution in [0.25, 0.3) is 5.69 Å². The molecule has 0 radical (unpaired) electrons. The molecule has 0 fully saturated rings. The van der Waals surface area contributed by atoms with E-state index in [0.717, 1.165) is 10.2 Å². The van der Waals surface area contributed by atoms with Gasteiger partial charge in [0.15, 0.2) is 0 Å². The SMILES string of the molecule is COc1ccccc1-n1nnn(C(=O)N(C)c2cc(C(=O)OCc3ccccc3)ccc2C)c1=O. The maximum Gasteiger partial charge on any atom is 0.377 e. The van der Waals surface area contributed by atoms with Crippen LogP contribution in [0.5, 0.6) is 5.75 Å². The summed E-state index contributed by atoms with van der Waals surface area (Å²) >= 11 is 0. The van der Waals surface area contributed by atoms with Crippen molar-refractivity contribution < 1.29 is 19.1 Å². The van der Waals surface area contributed by atoms with Gasteiger partial charge in [0.05, 0.1) is 12.7 Å². The van der Waals surface area contributed by atoms with Crippen molar-refractivity contribution in [3.05, 3.63) is 100.0 Å². The molecular formula is C25H23N5O5. The van der Waals surface area contributed by atoms with Crippen LogP contribution >= 0.6 is 0 Å². The van der Waals surface area contributed by atoms with E-state index in [4.69, 9.17) is 9.47 Å². The van der Waals surface area contributed by atoms with E-state index < -0.39 is 17.7 Å². The Morgan fingerprint density at radius 3 is 2.43 bits per heavy atom. The summed E-state index contributed by atoms with van der Waals surface area (Å²) < 4.78 is 12.3. The Hall–Kier alpha value is -4.73. The van der Waals surface area contributed by atoms with Gasteiger partial charge in [-0.05, 0) is 52.7 Å². The number of esters is 1. The lowest BCUT2D eigenvalue weighted by molar-refractivity contribution is 0.0472. The third kappa shape index (κ3) is 4.81. The molecule has 178 valence electrons. The number of carbonyl (C=O) groups is 2. The zero-order chi connectivity index (χ0) is 24.9. The predicted octanol–water partition coefficient (Wildman–Crippen LogP) is 3.21. The largest absolute Gasteiger partial charge is 0.494 e. The average Bonchev–Trinajstić information content (AvgIpc) is 3.28. The fourth-order valence-electron chi connectivity index (χ4n) is 3.47. The summed E-state index contributed by atoms with van der Waals surface area (Å²) in [5.74, 6) is -0.129. The molecule has 0 spiro atoms. The van der Waals surface area contributed by atoms with Crippen molar-refractivity contribution in [2.45, 2.75) is 13.5 Å². The minimum absolute atomic E-state index is 0.124. The van der Waals surface area contributed by atoms with Crippen LogP contribution in [0, 0.1) is 6.92 Å². The second-order valence-corrected chi connectivity index (χ2v) is 7.66. The summed E-state index contributed by atoms with van der Waals surface area (Å²) in [5, 5.41) is 7.57. The number of hydrogen-bond donors (Lipinski definition) is 0. The lowest BCUT2D eigenvalue weighted by atomic mass is 10.1. The first-order valence-corrected chi connectivity index (χ1v) is 10.7. The van der Waals surface area contributed by atoms with Crippen LogP contribution < -0.4 is 15.3 Å². The van der Waals surface area contributed by atoms with Gasteiger partial charge >= 0.3 is 17.7 Å². The summed E-state index contributed by atoms with van der Waals surface area (Å²) in [6.07, 6.45) is 0. The number of methoxy groups -OCH3 is 1. The smallest absolute Gasteiger partial charge is 0.377 e. The highest BCUT2D eigenvalue weighted by molar-refractivity contribution is 5.96. The number of rotatable bonds is 6. The number of benzene rings is 3. The number of aryl methyl sites for hydroxylation is 1. The van der Waals surface area contributed by atoms with Crippen molar-refractivity contribution in [2.24, 2.45) is 0 Å². The number of carbonyl (C=O) groups excluding carboxylic acids is 2. The fourth-order valence-corrected chi connectivity index (χ4v) is 3.47. The van der Waals surface area contributed by atoms with Crippen molar-refractivity contribution in [3.63, 3.8) is 0 Å². The number of ether oxygens (including phenoxy) is 2. The third-order valence-corrected chi connectivity index (χ3v) is 5.38. The summed E-state index contributed by atoms with van der Waals surface area (Å²) in [6, 6.07) is 20.2. The molecule has 0 saturated heterocycles. The zero-order valence-electron chi connectivity index (χ0n) is 19.4. The normalized spacial score (nSPS) is 10.6. The summed E-state index contributed by atoms with van der Waals surface area (Å²) in [7, 11) is 2.95. The molecule has 1 amide bonds. The second-order valence-electron chi connectivity index (χ2n) is 7.66. The monoisotopic (exact) mass is 473 g/mol. The molecule has 0 unspecified atom stereocenters. The van der Waals surface area contributed by atoms with Crippen molar-refractivity contribution in [3.8, 4) is 11.4 Å². The molecule has 1 heterocycles. The molecule has 4 rings (SSSR count). The van der Waals surface area contributed by atoms with Crippen LogP contribution in [-0.4, -0.2) is 45.9 Å².